The van der Waals surface area contributed by atoms with E-state index in [0.29, 0.717) is 10.7 Å². The number of benzene rings is 1. The van der Waals surface area contributed by atoms with Crippen LogP contribution in [0.4, 0.5) is 5.69 Å². The molecule has 0 radical (unpaired) electrons. The molecule has 4 nitrogen and oxygen atoms in total. The van der Waals surface area contributed by atoms with E-state index >= 15 is 0 Å². The number of anilines is 1. The van der Waals surface area contributed by atoms with Crippen LogP contribution in [0.25, 0.3) is 0 Å². The fourth-order valence-corrected chi connectivity index (χ4v) is 1.44. The van der Waals surface area contributed by atoms with Crippen molar-refractivity contribution in [2.45, 2.75) is 6.92 Å². The number of nitrogens with one attached hydrogen (secondary N) is 1. The van der Waals surface area contributed by atoms with Gasteiger partial charge in [0.25, 0.3) is 5.91 Å². The number of rotatable bonds is 3. The summed E-state index contributed by atoms with van der Waals surface area (Å²) in [7, 11) is 0. The van der Waals surface area contributed by atoms with Crippen LogP contribution in [-0.4, -0.2) is 11.9 Å². The molecule has 1 amide bonds. The first-order chi connectivity index (χ1) is 8.32. The van der Waals surface area contributed by atoms with E-state index in [2.05, 4.69) is 5.32 Å². The molecule has 0 aliphatic carbocycles. The van der Waals surface area contributed by atoms with E-state index in [1.165, 1.54) is 6.07 Å². The van der Waals surface area contributed by atoms with Gasteiger partial charge in [0.05, 0.1) is 11.0 Å². The molecule has 96 valence electrons. The number of amides is 1. The summed E-state index contributed by atoms with van der Waals surface area (Å²) in [6, 6.07) is 4.79. The van der Waals surface area contributed by atoms with Crippen LogP contribution in [-0.2, 0) is 9.59 Å². The van der Waals surface area contributed by atoms with Gasteiger partial charge in [0.1, 0.15) is 5.03 Å². The van der Waals surface area contributed by atoms with Gasteiger partial charge in [-0.3, -0.25) is 4.79 Å². The Morgan fingerprint density at radius 2 is 1.79 bits per heavy atom. The van der Waals surface area contributed by atoms with E-state index in [-0.39, 0.29) is 29.6 Å². The standard InChI is InChI=1S/C11H8Cl3NO3.Na/c1-5-2-3-6(4-7(5)12)15-10(16)8(13)9(14)11(17)18;/h2-4H,1H3,(H,15,16)(H,17,18);/q;+1/p-1/b9-8-;. The smallest absolute Gasteiger partial charge is 0.544 e. The van der Waals surface area contributed by atoms with Gasteiger partial charge in [-0.1, -0.05) is 40.9 Å². The van der Waals surface area contributed by atoms with Gasteiger partial charge >= 0.3 is 29.6 Å². The number of hydrogen-bond acceptors (Lipinski definition) is 3. The van der Waals surface area contributed by atoms with Gasteiger partial charge in [-0.05, 0) is 24.6 Å². The fourth-order valence-electron chi connectivity index (χ4n) is 1.05. The number of carbonyl (C=O) groups excluding carboxylic acids is 2. The third-order valence-electron chi connectivity index (χ3n) is 2.00. The zero-order valence-electron chi connectivity index (χ0n) is 10.1. The van der Waals surface area contributed by atoms with E-state index in [4.69, 9.17) is 34.8 Å². The number of carboxylic acid groups (broad SMARTS) is 1. The Hall–Kier alpha value is -0.230. The van der Waals surface area contributed by atoms with Gasteiger partial charge in [-0.25, -0.2) is 0 Å². The van der Waals surface area contributed by atoms with E-state index < -0.39 is 21.9 Å². The van der Waals surface area contributed by atoms with Crippen LogP contribution in [0, 0.1) is 6.92 Å². The van der Waals surface area contributed by atoms with E-state index in [1.54, 1.807) is 19.1 Å². The zero-order chi connectivity index (χ0) is 13.9. The summed E-state index contributed by atoms with van der Waals surface area (Å²) in [5.74, 6) is -2.58. The molecule has 0 aliphatic heterocycles. The third kappa shape index (κ3) is 5.34. The van der Waals surface area contributed by atoms with Crippen molar-refractivity contribution in [3.63, 3.8) is 0 Å². The van der Waals surface area contributed by atoms with Crippen LogP contribution in [0.15, 0.2) is 28.3 Å². The first-order valence-corrected chi connectivity index (χ1v) is 5.80. The third-order valence-corrected chi connectivity index (χ3v) is 3.21. The molecule has 8 heteroatoms. The number of aliphatic carboxylic acids is 1. The zero-order valence-corrected chi connectivity index (χ0v) is 14.4. The van der Waals surface area contributed by atoms with Crippen molar-refractivity contribution >= 4 is 52.4 Å². The normalized spacial score (nSPS) is 11.2. The predicted octanol–water partition coefficient (Wildman–Crippen LogP) is -0.970. The number of hydrogen-bond donors (Lipinski definition) is 1. The Kier molecular flexibility index (Phi) is 8.05. The SMILES string of the molecule is Cc1ccc(NC(=O)/C(Cl)=C(/Cl)C(=O)[O-])cc1Cl.[Na+]. The molecule has 0 aromatic heterocycles. The molecule has 19 heavy (non-hydrogen) atoms. The van der Waals surface area contributed by atoms with Crippen LogP contribution in [0.2, 0.25) is 5.02 Å². The maximum atomic E-state index is 11.5. The Labute approximate surface area is 147 Å². The van der Waals surface area contributed by atoms with Gasteiger partial charge < -0.3 is 15.2 Å². The topological polar surface area (TPSA) is 69.2 Å². The van der Waals surface area contributed by atoms with Crippen LogP contribution in [0.5, 0.6) is 0 Å². The van der Waals surface area contributed by atoms with Gasteiger partial charge in [-0.2, -0.15) is 0 Å². The maximum Gasteiger partial charge on any atom is 1.00 e. The van der Waals surface area contributed by atoms with E-state index in [1.807, 2.05) is 0 Å². The number of halogens is 3. The average molecular weight is 331 g/mol. The molecule has 1 rings (SSSR count). The Morgan fingerprint density at radius 3 is 2.26 bits per heavy atom. The first kappa shape index (κ1) is 18.8. The molecule has 0 saturated carbocycles. The van der Waals surface area contributed by atoms with Gasteiger partial charge in [0, 0.05) is 10.7 Å². The quantitative estimate of drug-likeness (QED) is 0.573. The molecule has 0 saturated heterocycles. The minimum absolute atomic E-state index is 0. The van der Waals surface area contributed by atoms with Crippen molar-refractivity contribution in [3.8, 4) is 0 Å². The molecule has 0 spiro atoms. The molecule has 1 aromatic carbocycles. The summed E-state index contributed by atoms with van der Waals surface area (Å²) in [4.78, 5) is 21.9. The fraction of sp³-hybridized carbons (Fsp3) is 0.0909. The first-order valence-electron chi connectivity index (χ1n) is 4.67. The molecule has 0 heterocycles. The summed E-state index contributed by atoms with van der Waals surface area (Å²) < 4.78 is 0. The largest absolute Gasteiger partial charge is 1.00 e. The van der Waals surface area contributed by atoms with Gasteiger partial charge in [0.2, 0.25) is 0 Å². The molecule has 1 N–H and O–H groups in total. The number of aryl methyl sites for hydroxylation is 1. The molecular formula is C11H7Cl3NNaO3. The monoisotopic (exact) mass is 329 g/mol. The summed E-state index contributed by atoms with van der Waals surface area (Å²) in [5.41, 5.74) is 1.21. The van der Waals surface area contributed by atoms with Crippen molar-refractivity contribution in [3.05, 3.63) is 38.8 Å². The Morgan fingerprint density at radius 1 is 1.21 bits per heavy atom. The molecular weight excluding hydrogens is 323 g/mol. The van der Waals surface area contributed by atoms with Gasteiger partial charge in [0.15, 0.2) is 0 Å². The van der Waals surface area contributed by atoms with Crippen molar-refractivity contribution in [2.24, 2.45) is 0 Å². The molecule has 0 unspecified atom stereocenters. The summed E-state index contributed by atoms with van der Waals surface area (Å²) >= 11 is 16.6. The summed E-state index contributed by atoms with van der Waals surface area (Å²) in [6.07, 6.45) is 0. The van der Waals surface area contributed by atoms with E-state index in [0.717, 1.165) is 5.56 Å². The second-order valence-corrected chi connectivity index (χ2v) is 4.50. The Balaban J connectivity index is 0.00000324. The number of carboxylic acids is 1. The average Bonchev–Trinajstić information content (AvgIpc) is 2.31. The predicted molar refractivity (Wildman–Crippen MR) is 68.6 cm³/mol. The van der Waals surface area contributed by atoms with Crippen LogP contribution in [0.3, 0.4) is 0 Å². The molecule has 0 bridgehead atoms. The van der Waals surface area contributed by atoms with Crippen molar-refractivity contribution in [2.75, 3.05) is 5.32 Å². The van der Waals surface area contributed by atoms with Crippen LogP contribution in [0.1, 0.15) is 5.56 Å². The second kappa shape index (κ2) is 8.15. The molecule has 0 atom stereocenters. The van der Waals surface area contributed by atoms with Crippen LogP contribution < -0.4 is 40.0 Å². The summed E-state index contributed by atoms with van der Waals surface area (Å²) in [5, 5.41) is 11.7. The van der Waals surface area contributed by atoms with Crippen LogP contribution >= 0.6 is 34.8 Å². The second-order valence-electron chi connectivity index (χ2n) is 3.33. The molecule has 0 fully saturated rings. The molecule has 0 aliphatic rings. The maximum absolute atomic E-state index is 11.5. The number of carbonyl (C=O) groups is 2. The van der Waals surface area contributed by atoms with Crippen molar-refractivity contribution in [1.29, 1.82) is 0 Å². The Bertz CT molecular complexity index is 546. The van der Waals surface area contributed by atoms with Gasteiger partial charge in [-0.15, -0.1) is 0 Å². The van der Waals surface area contributed by atoms with E-state index in [9.17, 15) is 14.7 Å². The van der Waals surface area contributed by atoms with Crippen molar-refractivity contribution in [1.82, 2.24) is 0 Å². The minimum Gasteiger partial charge on any atom is -0.544 e. The summed E-state index contributed by atoms with van der Waals surface area (Å²) in [6.45, 7) is 1.80. The minimum atomic E-state index is -1.72. The molecule has 1 aromatic rings. The van der Waals surface area contributed by atoms with Crippen molar-refractivity contribution < 1.29 is 44.3 Å².